The van der Waals surface area contributed by atoms with Crippen molar-refractivity contribution in [2.75, 3.05) is 12.4 Å². The predicted molar refractivity (Wildman–Crippen MR) is 117 cm³/mol. The highest BCUT2D eigenvalue weighted by atomic mass is 32.1. The smallest absolute Gasteiger partial charge is 0.341 e. The van der Waals surface area contributed by atoms with Crippen LogP contribution in [0.15, 0.2) is 53.1 Å². The molecule has 7 nitrogen and oxygen atoms in total. The maximum absolute atomic E-state index is 13.2. The fourth-order valence-corrected chi connectivity index (χ4v) is 4.97. The molecule has 0 bridgehead atoms. The number of fused-ring (bicyclic) bond motifs is 1. The lowest BCUT2D eigenvalue weighted by atomic mass is 9.95. The lowest BCUT2D eigenvalue weighted by Gasteiger charge is -2.20. The monoisotopic (exact) mass is 438 g/mol. The van der Waals surface area contributed by atoms with Crippen LogP contribution < -0.4 is 10.6 Å². The zero-order valence-electron chi connectivity index (χ0n) is 17.0. The zero-order valence-corrected chi connectivity index (χ0v) is 17.8. The van der Waals surface area contributed by atoms with E-state index in [1.165, 1.54) is 30.8 Å². The van der Waals surface area contributed by atoms with Gasteiger partial charge in [0, 0.05) is 10.4 Å². The summed E-state index contributed by atoms with van der Waals surface area (Å²) in [6.07, 6.45) is 4.00. The molecule has 0 saturated carbocycles. The van der Waals surface area contributed by atoms with E-state index in [-0.39, 0.29) is 11.5 Å². The van der Waals surface area contributed by atoms with Crippen molar-refractivity contribution < 1.29 is 23.5 Å². The van der Waals surface area contributed by atoms with Gasteiger partial charge in [0.1, 0.15) is 5.00 Å². The van der Waals surface area contributed by atoms with Gasteiger partial charge in [0.05, 0.1) is 18.9 Å². The molecule has 1 aliphatic rings. The Bertz CT molecular complexity index is 1090. The van der Waals surface area contributed by atoms with Crippen LogP contribution in [-0.2, 0) is 17.6 Å². The van der Waals surface area contributed by atoms with E-state index in [4.69, 9.17) is 9.15 Å². The van der Waals surface area contributed by atoms with Crippen molar-refractivity contribution in [3.05, 3.63) is 76.1 Å². The number of benzene rings is 1. The zero-order chi connectivity index (χ0) is 21.8. The first-order valence-electron chi connectivity index (χ1n) is 10.0. The minimum Gasteiger partial charge on any atom is -0.465 e. The quantitative estimate of drug-likeness (QED) is 0.328. The fourth-order valence-electron chi connectivity index (χ4n) is 3.66. The molecule has 1 aromatic carbocycles. The molecule has 2 N–H and O–H groups in total. The molecular weight excluding hydrogens is 416 g/mol. The van der Waals surface area contributed by atoms with Crippen LogP contribution >= 0.6 is 11.3 Å². The van der Waals surface area contributed by atoms with Crippen molar-refractivity contribution in [2.24, 2.45) is 0 Å². The summed E-state index contributed by atoms with van der Waals surface area (Å²) in [6.45, 7) is 0. The highest BCUT2D eigenvalue weighted by Gasteiger charge is 2.30. The molecule has 0 aliphatic heterocycles. The third-order valence-corrected chi connectivity index (χ3v) is 6.40. The second-order valence-corrected chi connectivity index (χ2v) is 8.27. The second-order valence-electron chi connectivity index (χ2n) is 7.16. The summed E-state index contributed by atoms with van der Waals surface area (Å²) in [4.78, 5) is 39.5. The molecular formula is C23H22N2O5S. The molecule has 0 radical (unpaired) electrons. The van der Waals surface area contributed by atoms with Gasteiger partial charge in [-0.15, -0.1) is 11.3 Å². The second kappa shape index (κ2) is 9.18. The Labute approximate surface area is 183 Å². The van der Waals surface area contributed by atoms with Crippen molar-refractivity contribution in [3.63, 3.8) is 0 Å². The first-order valence-corrected chi connectivity index (χ1v) is 10.8. The number of Topliss-reactive ketones (excluding diaryl/α,β-unsaturated/α-hetero) is 1. The molecule has 0 saturated heterocycles. The number of rotatable bonds is 7. The molecule has 0 fully saturated rings. The number of aryl methyl sites for hydroxylation is 1. The number of esters is 1. The van der Waals surface area contributed by atoms with Crippen molar-refractivity contribution in [1.82, 2.24) is 5.32 Å². The number of furan rings is 1. The van der Waals surface area contributed by atoms with E-state index in [1.54, 1.807) is 30.3 Å². The van der Waals surface area contributed by atoms with Gasteiger partial charge in [-0.1, -0.05) is 30.3 Å². The van der Waals surface area contributed by atoms with Gasteiger partial charge >= 0.3 is 5.97 Å². The van der Waals surface area contributed by atoms with E-state index in [0.717, 1.165) is 36.1 Å². The van der Waals surface area contributed by atoms with Crippen molar-refractivity contribution in [1.29, 1.82) is 0 Å². The largest absolute Gasteiger partial charge is 0.465 e. The van der Waals surface area contributed by atoms with Crippen molar-refractivity contribution >= 4 is 34.0 Å². The number of hydrogen-bond donors (Lipinski definition) is 2. The SMILES string of the molecule is COC(=O)c1c(NC(NC(=O)c2ccco2)C(=O)c2ccccc2)sc2c1CCCC2. The number of thiophene rings is 1. The number of ether oxygens (including phenoxy) is 1. The van der Waals surface area contributed by atoms with E-state index in [2.05, 4.69) is 10.6 Å². The lowest BCUT2D eigenvalue weighted by Crippen LogP contribution is -2.46. The van der Waals surface area contributed by atoms with E-state index in [9.17, 15) is 14.4 Å². The average molecular weight is 439 g/mol. The summed E-state index contributed by atoms with van der Waals surface area (Å²) in [5.41, 5.74) is 1.84. The Morgan fingerprint density at radius 3 is 2.55 bits per heavy atom. The Hall–Kier alpha value is -3.39. The standard InChI is InChI=1S/C23H22N2O5S/c1-29-23(28)18-15-10-5-6-12-17(15)31-22(18)25-20(19(26)14-8-3-2-4-9-14)24-21(27)16-11-7-13-30-16/h2-4,7-9,11,13,20,25H,5-6,10,12H2,1H3,(H,24,27). The van der Waals surface area contributed by atoms with Gasteiger partial charge in [-0.25, -0.2) is 4.79 Å². The number of nitrogens with one attached hydrogen (secondary N) is 2. The van der Waals surface area contributed by atoms with E-state index >= 15 is 0 Å². The van der Waals surface area contributed by atoms with Gasteiger partial charge < -0.3 is 19.8 Å². The first-order chi connectivity index (χ1) is 15.1. The number of anilines is 1. The molecule has 3 aromatic rings. The molecule has 160 valence electrons. The van der Waals surface area contributed by atoms with Gasteiger partial charge in [0.15, 0.2) is 11.9 Å². The summed E-state index contributed by atoms with van der Waals surface area (Å²) in [5, 5.41) is 6.32. The van der Waals surface area contributed by atoms with E-state index < -0.39 is 18.0 Å². The highest BCUT2D eigenvalue weighted by molar-refractivity contribution is 7.16. The maximum atomic E-state index is 13.2. The Morgan fingerprint density at radius 2 is 1.84 bits per heavy atom. The Morgan fingerprint density at radius 1 is 1.06 bits per heavy atom. The van der Waals surface area contributed by atoms with Crippen LogP contribution in [0.2, 0.25) is 0 Å². The van der Waals surface area contributed by atoms with Crippen LogP contribution in [-0.4, -0.2) is 30.9 Å². The molecule has 1 unspecified atom stereocenters. The molecule has 1 aliphatic carbocycles. The van der Waals surface area contributed by atoms with Crippen LogP contribution in [0.4, 0.5) is 5.00 Å². The molecule has 31 heavy (non-hydrogen) atoms. The minimum absolute atomic E-state index is 0.0892. The van der Waals surface area contributed by atoms with Gasteiger partial charge in [0.25, 0.3) is 5.91 Å². The summed E-state index contributed by atoms with van der Waals surface area (Å²) < 4.78 is 10.2. The molecule has 1 amide bonds. The Balaban J connectivity index is 1.69. The van der Waals surface area contributed by atoms with Crippen LogP contribution in [0, 0.1) is 0 Å². The predicted octanol–water partition coefficient (Wildman–Crippen LogP) is 4.06. The highest BCUT2D eigenvalue weighted by Crippen LogP contribution is 2.39. The number of hydrogen-bond acceptors (Lipinski definition) is 7. The number of amides is 1. The minimum atomic E-state index is -1.09. The molecule has 4 rings (SSSR count). The summed E-state index contributed by atoms with van der Waals surface area (Å²) in [6, 6.07) is 11.8. The first kappa shape index (κ1) is 20.9. The molecule has 1 atom stereocenters. The van der Waals surface area contributed by atoms with E-state index in [1.807, 2.05) is 6.07 Å². The lowest BCUT2D eigenvalue weighted by molar-refractivity contribution is 0.0600. The number of ketones is 1. The van der Waals surface area contributed by atoms with Crippen LogP contribution in [0.1, 0.15) is 54.6 Å². The molecule has 0 spiro atoms. The fraction of sp³-hybridized carbons (Fsp3) is 0.261. The van der Waals surface area contributed by atoms with Crippen molar-refractivity contribution in [3.8, 4) is 0 Å². The van der Waals surface area contributed by atoms with E-state index in [0.29, 0.717) is 16.1 Å². The maximum Gasteiger partial charge on any atom is 0.341 e. The summed E-state index contributed by atoms with van der Waals surface area (Å²) >= 11 is 1.43. The van der Waals surface area contributed by atoms with Gasteiger partial charge in [0.2, 0.25) is 5.78 Å². The Kier molecular flexibility index (Phi) is 6.18. The third-order valence-electron chi connectivity index (χ3n) is 5.18. The molecule has 8 heteroatoms. The summed E-state index contributed by atoms with van der Waals surface area (Å²) in [7, 11) is 1.34. The molecule has 2 aromatic heterocycles. The van der Waals surface area contributed by atoms with Crippen molar-refractivity contribution in [2.45, 2.75) is 31.8 Å². The number of carbonyl (C=O) groups is 3. The van der Waals surface area contributed by atoms with Gasteiger partial charge in [-0.2, -0.15) is 0 Å². The summed E-state index contributed by atoms with van der Waals surface area (Å²) in [5.74, 6) is -1.23. The van der Waals surface area contributed by atoms with Gasteiger partial charge in [-0.05, 0) is 43.4 Å². The van der Waals surface area contributed by atoms with Crippen LogP contribution in [0.3, 0.4) is 0 Å². The number of methoxy groups -OCH3 is 1. The third kappa shape index (κ3) is 4.39. The topological polar surface area (TPSA) is 97.6 Å². The molecule has 2 heterocycles. The normalized spacial score (nSPS) is 13.7. The van der Waals surface area contributed by atoms with Crippen LogP contribution in [0.25, 0.3) is 0 Å². The van der Waals surface area contributed by atoms with Gasteiger partial charge in [-0.3, -0.25) is 9.59 Å². The number of carbonyl (C=O) groups excluding carboxylic acids is 3. The average Bonchev–Trinajstić information content (AvgIpc) is 3.46. The van der Waals surface area contributed by atoms with Crippen LogP contribution in [0.5, 0.6) is 0 Å².